The minimum absolute atomic E-state index is 0.0886. The Balaban J connectivity index is 1.62. The van der Waals surface area contributed by atoms with E-state index < -0.39 is 0 Å². The molecule has 0 unspecified atom stereocenters. The largest absolute Gasteiger partial charge is 0.384 e. The van der Waals surface area contributed by atoms with Crippen LogP contribution in [-0.2, 0) is 12.8 Å². The molecule has 0 fully saturated rings. The van der Waals surface area contributed by atoms with Crippen molar-refractivity contribution in [2.45, 2.75) is 26.2 Å². The summed E-state index contributed by atoms with van der Waals surface area (Å²) >= 11 is 0. The van der Waals surface area contributed by atoms with Crippen molar-refractivity contribution in [3.05, 3.63) is 84.1 Å². The van der Waals surface area contributed by atoms with E-state index in [9.17, 15) is 4.79 Å². The highest BCUT2D eigenvalue weighted by atomic mass is 16.1. The topological polar surface area (TPSA) is 121 Å². The molecule has 4 rings (SSSR count). The Morgan fingerprint density at radius 1 is 0.906 bits per heavy atom. The molecule has 0 amide bonds. The molecule has 0 radical (unpaired) electrons. The lowest BCUT2D eigenvalue weighted by molar-refractivity contribution is 0.0989. The van der Waals surface area contributed by atoms with E-state index in [1.54, 1.807) is 30.9 Å². The number of aromatic nitrogens is 4. The number of benzene rings is 1. The van der Waals surface area contributed by atoms with Crippen LogP contribution >= 0.6 is 0 Å². The Bertz CT molecular complexity index is 1240. The number of nitrogens with zero attached hydrogens (tertiary/aromatic N) is 4. The van der Waals surface area contributed by atoms with Gasteiger partial charge in [0.1, 0.15) is 11.5 Å². The standard InChI is InChI=1S/C25H24N6O/c1-2-3-16-4-6-17(7-5-16)21-15-30-25(27)24(31-21)22(32)12-19-13-28-11-10-20(19)18-8-9-23(26)29-14-18/h4-11,13-15H,2-3,12H2,1H3,(H2,26,29)(H2,27,30). The van der Waals surface area contributed by atoms with E-state index in [1.807, 2.05) is 24.3 Å². The van der Waals surface area contributed by atoms with E-state index in [1.165, 1.54) is 5.56 Å². The van der Waals surface area contributed by atoms with Gasteiger partial charge >= 0.3 is 0 Å². The first-order valence-electron chi connectivity index (χ1n) is 10.4. The van der Waals surface area contributed by atoms with Gasteiger partial charge < -0.3 is 11.5 Å². The quantitative estimate of drug-likeness (QED) is 0.428. The number of hydrogen-bond donors (Lipinski definition) is 2. The highest BCUT2D eigenvalue weighted by Crippen LogP contribution is 2.25. The number of carbonyl (C=O) groups excluding carboxylic acids is 1. The van der Waals surface area contributed by atoms with Gasteiger partial charge in [-0.2, -0.15) is 0 Å². The van der Waals surface area contributed by atoms with Crippen LogP contribution in [0.4, 0.5) is 11.6 Å². The number of pyridine rings is 2. The van der Waals surface area contributed by atoms with E-state index in [-0.39, 0.29) is 23.7 Å². The molecule has 0 spiro atoms. The van der Waals surface area contributed by atoms with Gasteiger partial charge in [-0.15, -0.1) is 0 Å². The lowest BCUT2D eigenvalue weighted by Crippen LogP contribution is -2.12. The molecular weight excluding hydrogens is 400 g/mol. The predicted molar refractivity (Wildman–Crippen MR) is 126 cm³/mol. The van der Waals surface area contributed by atoms with E-state index >= 15 is 0 Å². The molecule has 3 heterocycles. The van der Waals surface area contributed by atoms with E-state index in [4.69, 9.17) is 11.5 Å². The Morgan fingerprint density at radius 3 is 2.41 bits per heavy atom. The first kappa shape index (κ1) is 21.1. The van der Waals surface area contributed by atoms with Gasteiger partial charge in [-0.1, -0.05) is 37.6 Å². The lowest BCUT2D eigenvalue weighted by atomic mass is 9.98. The molecule has 0 aliphatic heterocycles. The van der Waals surface area contributed by atoms with Crippen molar-refractivity contribution in [1.82, 2.24) is 19.9 Å². The lowest BCUT2D eigenvalue weighted by Gasteiger charge is -2.10. The van der Waals surface area contributed by atoms with E-state index in [0.29, 0.717) is 11.5 Å². The first-order chi connectivity index (χ1) is 15.5. The summed E-state index contributed by atoms with van der Waals surface area (Å²) < 4.78 is 0. The number of nitrogens with two attached hydrogens (primary N) is 2. The van der Waals surface area contributed by atoms with Crippen molar-refractivity contribution in [3.8, 4) is 22.4 Å². The fourth-order valence-electron chi connectivity index (χ4n) is 3.54. The second-order valence-corrected chi connectivity index (χ2v) is 7.54. The fraction of sp³-hybridized carbons (Fsp3) is 0.160. The molecule has 4 aromatic rings. The summed E-state index contributed by atoms with van der Waals surface area (Å²) in [5, 5.41) is 0. The minimum atomic E-state index is -0.225. The zero-order chi connectivity index (χ0) is 22.5. The van der Waals surface area contributed by atoms with Gasteiger partial charge in [-0.25, -0.2) is 15.0 Å². The molecular formula is C25H24N6O. The van der Waals surface area contributed by atoms with Crippen LogP contribution < -0.4 is 11.5 Å². The maximum atomic E-state index is 13.1. The number of carbonyl (C=O) groups is 1. The molecule has 0 saturated heterocycles. The number of hydrogen-bond acceptors (Lipinski definition) is 7. The number of rotatable bonds is 7. The molecule has 3 aromatic heterocycles. The first-order valence-corrected chi connectivity index (χ1v) is 10.4. The van der Waals surface area contributed by atoms with Gasteiger partial charge in [0.15, 0.2) is 11.6 Å². The third-order valence-corrected chi connectivity index (χ3v) is 5.21. The van der Waals surface area contributed by atoms with E-state index in [0.717, 1.165) is 35.1 Å². The second-order valence-electron chi connectivity index (χ2n) is 7.54. The summed E-state index contributed by atoms with van der Waals surface area (Å²) in [7, 11) is 0. The van der Waals surface area contributed by atoms with Crippen LogP contribution in [0.3, 0.4) is 0 Å². The molecule has 0 aliphatic rings. The summed E-state index contributed by atoms with van der Waals surface area (Å²) in [5.41, 5.74) is 17.1. The molecule has 1 aromatic carbocycles. The molecule has 160 valence electrons. The van der Waals surface area contributed by atoms with Crippen molar-refractivity contribution in [1.29, 1.82) is 0 Å². The SMILES string of the molecule is CCCc1ccc(-c2cnc(N)c(C(=O)Cc3cnccc3-c3ccc(N)nc3)n2)cc1. The van der Waals surface area contributed by atoms with Gasteiger partial charge in [-0.3, -0.25) is 9.78 Å². The Morgan fingerprint density at radius 2 is 1.69 bits per heavy atom. The van der Waals surface area contributed by atoms with Crippen molar-refractivity contribution in [2.75, 3.05) is 11.5 Å². The van der Waals surface area contributed by atoms with Crippen LogP contribution in [0.15, 0.2) is 67.3 Å². The molecule has 7 nitrogen and oxygen atoms in total. The third kappa shape index (κ3) is 4.62. The summed E-state index contributed by atoms with van der Waals surface area (Å²) in [6.07, 6.45) is 8.81. The van der Waals surface area contributed by atoms with Crippen LogP contribution in [-0.4, -0.2) is 25.7 Å². The van der Waals surface area contributed by atoms with Crippen LogP contribution in [0.5, 0.6) is 0 Å². The van der Waals surface area contributed by atoms with Crippen molar-refractivity contribution < 1.29 is 4.79 Å². The van der Waals surface area contributed by atoms with Crippen LogP contribution in [0.25, 0.3) is 22.4 Å². The highest BCUT2D eigenvalue weighted by Gasteiger charge is 2.18. The second kappa shape index (κ2) is 9.34. The van der Waals surface area contributed by atoms with Gasteiger partial charge in [0.2, 0.25) is 0 Å². The van der Waals surface area contributed by atoms with Gasteiger partial charge in [-0.05, 0) is 41.3 Å². The van der Waals surface area contributed by atoms with Crippen molar-refractivity contribution in [3.63, 3.8) is 0 Å². The number of aryl methyl sites for hydroxylation is 1. The average Bonchev–Trinajstić information content (AvgIpc) is 2.81. The van der Waals surface area contributed by atoms with Gasteiger partial charge in [0, 0.05) is 36.1 Å². The van der Waals surface area contributed by atoms with E-state index in [2.05, 4.69) is 39.0 Å². The van der Waals surface area contributed by atoms with Crippen LogP contribution in [0.2, 0.25) is 0 Å². The summed E-state index contributed by atoms with van der Waals surface area (Å²) in [4.78, 5) is 30.2. The maximum Gasteiger partial charge on any atom is 0.189 e. The van der Waals surface area contributed by atoms with Gasteiger partial charge in [0.05, 0.1) is 11.9 Å². The maximum absolute atomic E-state index is 13.1. The van der Waals surface area contributed by atoms with Crippen LogP contribution in [0, 0.1) is 0 Å². The number of anilines is 2. The van der Waals surface area contributed by atoms with Crippen molar-refractivity contribution >= 4 is 17.4 Å². The molecule has 0 aliphatic carbocycles. The number of ketones is 1. The summed E-state index contributed by atoms with van der Waals surface area (Å²) in [6.45, 7) is 2.15. The Hall–Kier alpha value is -4.13. The van der Waals surface area contributed by atoms with Crippen molar-refractivity contribution in [2.24, 2.45) is 0 Å². The number of Topliss-reactive ketones (excluding diaryl/α,β-unsaturated/α-hetero) is 1. The molecule has 0 atom stereocenters. The number of nitrogen functional groups attached to an aromatic ring is 2. The van der Waals surface area contributed by atoms with Gasteiger partial charge in [0.25, 0.3) is 0 Å². The zero-order valence-corrected chi connectivity index (χ0v) is 17.8. The monoisotopic (exact) mass is 424 g/mol. The molecule has 4 N–H and O–H groups in total. The fourth-order valence-corrected chi connectivity index (χ4v) is 3.54. The minimum Gasteiger partial charge on any atom is -0.384 e. The molecule has 7 heteroatoms. The zero-order valence-electron chi connectivity index (χ0n) is 17.8. The predicted octanol–water partition coefficient (Wildman–Crippen LogP) is 4.14. The Labute approximate surface area is 186 Å². The smallest absolute Gasteiger partial charge is 0.189 e. The normalized spacial score (nSPS) is 10.8. The highest BCUT2D eigenvalue weighted by molar-refractivity contribution is 6.00. The molecule has 0 saturated carbocycles. The molecule has 0 bridgehead atoms. The Kier molecular flexibility index (Phi) is 6.17. The molecule has 32 heavy (non-hydrogen) atoms. The summed E-state index contributed by atoms with van der Waals surface area (Å²) in [6, 6.07) is 13.6. The average molecular weight is 425 g/mol. The summed E-state index contributed by atoms with van der Waals surface area (Å²) in [5.74, 6) is 0.320. The van der Waals surface area contributed by atoms with Crippen LogP contribution in [0.1, 0.15) is 35.0 Å². The third-order valence-electron chi connectivity index (χ3n) is 5.21.